The van der Waals surface area contributed by atoms with Gasteiger partial charge in [0.2, 0.25) is 0 Å². The predicted molar refractivity (Wildman–Crippen MR) is 103 cm³/mol. The number of nitrogens with one attached hydrogen (secondary N) is 1. The average Bonchev–Trinajstić information content (AvgIpc) is 3.36. The molecule has 4 rings (SSSR count). The molecule has 0 aliphatic heterocycles. The number of nitrogens with zero attached hydrogens (tertiary/aromatic N) is 3. The van der Waals surface area contributed by atoms with E-state index < -0.39 is 0 Å². The first-order valence-electron chi connectivity index (χ1n) is 7.51. The first-order chi connectivity index (χ1) is 12.6. The molecule has 0 aliphatic carbocycles. The van der Waals surface area contributed by atoms with Crippen LogP contribution in [0.3, 0.4) is 0 Å². The molecule has 0 spiro atoms. The number of halogens is 1. The minimum Gasteiger partial charge on any atom is -0.444 e. The van der Waals surface area contributed by atoms with Crippen LogP contribution in [0.2, 0.25) is 5.02 Å². The van der Waals surface area contributed by atoms with Crippen molar-refractivity contribution >= 4 is 45.4 Å². The number of carbonyl (C=O) groups excluding carboxylic acids is 1. The van der Waals surface area contributed by atoms with Gasteiger partial charge < -0.3 is 9.73 Å². The van der Waals surface area contributed by atoms with Gasteiger partial charge in [-0.05, 0) is 48.8 Å². The first kappa shape index (κ1) is 16.9. The largest absolute Gasteiger partial charge is 0.444 e. The van der Waals surface area contributed by atoms with Crippen LogP contribution in [0.25, 0.3) is 21.8 Å². The molecule has 1 aromatic carbocycles. The summed E-state index contributed by atoms with van der Waals surface area (Å²) < 4.78 is 9.13. The van der Waals surface area contributed by atoms with Gasteiger partial charge in [-0.1, -0.05) is 16.1 Å². The number of oxazole rings is 1. The van der Waals surface area contributed by atoms with E-state index >= 15 is 0 Å². The summed E-state index contributed by atoms with van der Waals surface area (Å²) in [4.78, 5) is 17.7. The Morgan fingerprint density at radius 2 is 2.15 bits per heavy atom. The quantitative estimate of drug-likeness (QED) is 0.511. The van der Waals surface area contributed by atoms with E-state index in [1.807, 2.05) is 30.3 Å². The van der Waals surface area contributed by atoms with Crippen LogP contribution in [0.4, 0.5) is 5.00 Å². The van der Waals surface area contributed by atoms with Gasteiger partial charge in [-0.15, -0.1) is 16.4 Å². The van der Waals surface area contributed by atoms with Crippen LogP contribution >= 0.6 is 34.5 Å². The molecular weight excluding hydrogens is 392 g/mol. The lowest BCUT2D eigenvalue weighted by molar-refractivity contribution is 0.103. The van der Waals surface area contributed by atoms with Crippen molar-refractivity contribution in [2.24, 2.45) is 0 Å². The topological polar surface area (TPSA) is 80.9 Å². The molecule has 0 aliphatic rings. The minimum atomic E-state index is -0.215. The van der Waals surface area contributed by atoms with E-state index in [1.165, 1.54) is 17.7 Å². The number of amides is 1. The van der Waals surface area contributed by atoms with Gasteiger partial charge in [0.15, 0.2) is 12.2 Å². The zero-order chi connectivity index (χ0) is 18.1. The summed E-state index contributed by atoms with van der Waals surface area (Å²) in [6.07, 6.45) is 3.04. The molecule has 0 saturated carbocycles. The molecule has 0 radical (unpaired) electrons. The first-order valence-corrected chi connectivity index (χ1v) is 9.47. The Hall–Kier alpha value is -2.55. The van der Waals surface area contributed by atoms with Crippen LogP contribution in [0.15, 0.2) is 47.3 Å². The molecule has 3 heterocycles. The molecule has 130 valence electrons. The third-order valence-electron chi connectivity index (χ3n) is 3.65. The maximum atomic E-state index is 12.3. The molecule has 1 amide bonds. The third kappa shape index (κ3) is 3.26. The standard InChI is InChI=1S/C17H11ClN4O2S2/c1-9-16(26-22-21-9)17(23)20-15-5-4-14(25-15)11-6-10(2-3-12(11)18)13-7-19-8-24-13/h2-8H,1H3,(H,20,23). The Morgan fingerprint density at radius 1 is 1.27 bits per heavy atom. The Morgan fingerprint density at radius 3 is 2.88 bits per heavy atom. The summed E-state index contributed by atoms with van der Waals surface area (Å²) in [5.74, 6) is 0.452. The predicted octanol–water partition coefficient (Wildman–Crippen LogP) is 5.14. The van der Waals surface area contributed by atoms with Crippen LogP contribution in [-0.2, 0) is 0 Å². The summed E-state index contributed by atoms with van der Waals surface area (Å²) in [7, 11) is 0. The van der Waals surface area contributed by atoms with E-state index in [-0.39, 0.29) is 5.91 Å². The second-order valence-electron chi connectivity index (χ2n) is 5.37. The highest BCUT2D eigenvalue weighted by atomic mass is 35.5. The molecule has 26 heavy (non-hydrogen) atoms. The SMILES string of the molecule is Cc1nnsc1C(=O)Nc1ccc(-c2cc(-c3cnco3)ccc2Cl)s1. The number of benzene rings is 1. The number of hydrogen-bond acceptors (Lipinski definition) is 7. The Labute approximate surface area is 161 Å². The van der Waals surface area contributed by atoms with Crippen molar-refractivity contribution in [1.82, 2.24) is 14.6 Å². The number of aromatic nitrogens is 3. The van der Waals surface area contributed by atoms with E-state index in [9.17, 15) is 4.79 Å². The van der Waals surface area contributed by atoms with Crippen LogP contribution in [0.1, 0.15) is 15.4 Å². The summed E-state index contributed by atoms with van der Waals surface area (Å²) in [5, 5.41) is 8.07. The number of anilines is 1. The van der Waals surface area contributed by atoms with E-state index in [4.69, 9.17) is 16.0 Å². The molecule has 0 unspecified atom stereocenters. The van der Waals surface area contributed by atoms with Crippen LogP contribution in [-0.4, -0.2) is 20.5 Å². The zero-order valence-electron chi connectivity index (χ0n) is 13.4. The Kier molecular flexibility index (Phi) is 4.54. The fourth-order valence-electron chi connectivity index (χ4n) is 2.38. The fraction of sp³-hybridized carbons (Fsp3) is 0.0588. The van der Waals surface area contributed by atoms with E-state index in [2.05, 4.69) is 19.9 Å². The minimum absolute atomic E-state index is 0.215. The van der Waals surface area contributed by atoms with Crippen molar-refractivity contribution in [3.63, 3.8) is 0 Å². The number of rotatable bonds is 4. The molecule has 0 bridgehead atoms. The van der Waals surface area contributed by atoms with Crippen molar-refractivity contribution < 1.29 is 9.21 Å². The van der Waals surface area contributed by atoms with Gasteiger partial charge in [0, 0.05) is 21.0 Å². The Balaban J connectivity index is 1.61. The van der Waals surface area contributed by atoms with Crippen LogP contribution in [0.5, 0.6) is 0 Å². The second-order valence-corrected chi connectivity index (χ2v) is 7.61. The van der Waals surface area contributed by atoms with Crippen LogP contribution in [0, 0.1) is 6.92 Å². The molecule has 3 aromatic heterocycles. The number of thiophene rings is 1. The normalized spacial score (nSPS) is 10.8. The van der Waals surface area contributed by atoms with Gasteiger partial charge in [-0.3, -0.25) is 4.79 Å². The van der Waals surface area contributed by atoms with E-state index in [1.54, 1.807) is 13.1 Å². The summed E-state index contributed by atoms with van der Waals surface area (Å²) in [5.41, 5.74) is 2.36. The average molecular weight is 403 g/mol. The highest BCUT2D eigenvalue weighted by Gasteiger charge is 2.15. The zero-order valence-corrected chi connectivity index (χ0v) is 15.8. The van der Waals surface area contributed by atoms with Crippen molar-refractivity contribution in [3.8, 4) is 21.8 Å². The molecule has 9 heteroatoms. The van der Waals surface area contributed by atoms with Gasteiger partial charge in [0.05, 0.1) is 16.9 Å². The molecule has 0 atom stereocenters. The van der Waals surface area contributed by atoms with Crippen molar-refractivity contribution in [2.45, 2.75) is 6.92 Å². The smallest absolute Gasteiger partial charge is 0.269 e. The molecule has 0 fully saturated rings. The second kappa shape index (κ2) is 6.99. The Bertz CT molecular complexity index is 1070. The summed E-state index contributed by atoms with van der Waals surface area (Å²) >= 11 is 8.88. The number of hydrogen-bond donors (Lipinski definition) is 1. The lowest BCUT2D eigenvalue weighted by Gasteiger charge is -2.04. The van der Waals surface area contributed by atoms with Crippen LogP contribution < -0.4 is 5.32 Å². The maximum absolute atomic E-state index is 12.3. The highest BCUT2D eigenvalue weighted by molar-refractivity contribution is 7.19. The fourth-order valence-corrected chi connectivity index (χ4v) is 4.14. The molecule has 0 saturated heterocycles. The summed E-state index contributed by atoms with van der Waals surface area (Å²) in [6.45, 7) is 1.76. The molecular formula is C17H11ClN4O2S2. The van der Waals surface area contributed by atoms with Gasteiger partial charge in [0.25, 0.3) is 5.91 Å². The van der Waals surface area contributed by atoms with Crippen molar-refractivity contribution in [1.29, 1.82) is 0 Å². The molecule has 4 aromatic rings. The van der Waals surface area contributed by atoms with Gasteiger partial charge >= 0.3 is 0 Å². The molecule has 1 N–H and O–H groups in total. The highest BCUT2D eigenvalue weighted by Crippen LogP contribution is 2.38. The van der Waals surface area contributed by atoms with E-state index in [0.29, 0.717) is 21.4 Å². The van der Waals surface area contributed by atoms with Crippen molar-refractivity contribution in [2.75, 3.05) is 5.32 Å². The number of aryl methyl sites for hydroxylation is 1. The van der Waals surface area contributed by atoms with Gasteiger partial charge in [0.1, 0.15) is 4.88 Å². The monoisotopic (exact) mass is 402 g/mol. The van der Waals surface area contributed by atoms with Gasteiger partial charge in [-0.25, -0.2) is 4.98 Å². The van der Waals surface area contributed by atoms with Crippen molar-refractivity contribution in [3.05, 3.63) is 58.5 Å². The molecule has 6 nitrogen and oxygen atoms in total. The lowest BCUT2D eigenvalue weighted by Crippen LogP contribution is -2.10. The summed E-state index contributed by atoms with van der Waals surface area (Å²) in [6, 6.07) is 9.40. The van der Waals surface area contributed by atoms with Gasteiger partial charge in [-0.2, -0.15) is 0 Å². The lowest BCUT2D eigenvalue weighted by atomic mass is 10.1. The van der Waals surface area contributed by atoms with E-state index in [0.717, 1.165) is 32.5 Å². The number of carbonyl (C=O) groups is 1. The third-order valence-corrected chi connectivity index (χ3v) is 5.84. The maximum Gasteiger partial charge on any atom is 0.269 e.